The first-order chi connectivity index (χ1) is 16.0. The molecule has 2 aromatic carbocycles. The molecule has 0 radical (unpaired) electrons. The SMILES string of the molecule is COC(=O)[C@@H](N)Cc1ccc(OCC(CC(=O)OCc2ccccc2)N2CCCCC2)cc1. The second-order valence-corrected chi connectivity index (χ2v) is 8.39. The van der Waals surface area contributed by atoms with Crippen LogP contribution in [0.3, 0.4) is 0 Å². The molecule has 0 amide bonds. The van der Waals surface area contributed by atoms with E-state index in [1.54, 1.807) is 0 Å². The van der Waals surface area contributed by atoms with E-state index in [-0.39, 0.29) is 18.6 Å². The van der Waals surface area contributed by atoms with E-state index < -0.39 is 12.0 Å². The lowest BCUT2D eigenvalue weighted by atomic mass is 10.1. The summed E-state index contributed by atoms with van der Waals surface area (Å²) in [5.41, 5.74) is 7.74. The lowest BCUT2D eigenvalue weighted by molar-refractivity contribution is -0.147. The maximum atomic E-state index is 12.6. The van der Waals surface area contributed by atoms with Gasteiger partial charge in [-0.2, -0.15) is 0 Å². The number of likely N-dealkylation sites (tertiary alicyclic amines) is 1. The average molecular weight is 455 g/mol. The van der Waals surface area contributed by atoms with Gasteiger partial charge < -0.3 is 19.9 Å². The zero-order chi connectivity index (χ0) is 23.5. The minimum Gasteiger partial charge on any atom is -0.492 e. The van der Waals surface area contributed by atoms with Gasteiger partial charge in [0.1, 0.15) is 25.0 Å². The first-order valence-electron chi connectivity index (χ1n) is 11.5. The van der Waals surface area contributed by atoms with Crippen LogP contribution >= 0.6 is 0 Å². The van der Waals surface area contributed by atoms with Crippen molar-refractivity contribution in [2.45, 2.75) is 50.8 Å². The van der Waals surface area contributed by atoms with Gasteiger partial charge in [0.2, 0.25) is 0 Å². The van der Waals surface area contributed by atoms with Gasteiger partial charge in [-0.05, 0) is 55.6 Å². The van der Waals surface area contributed by atoms with Gasteiger partial charge in [-0.3, -0.25) is 14.5 Å². The van der Waals surface area contributed by atoms with Crippen LogP contribution in [0.15, 0.2) is 54.6 Å². The van der Waals surface area contributed by atoms with Crippen LogP contribution in [0, 0.1) is 0 Å². The van der Waals surface area contributed by atoms with E-state index in [9.17, 15) is 9.59 Å². The predicted octanol–water partition coefficient (Wildman–Crippen LogP) is 3.10. The molecule has 1 aliphatic heterocycles. The fourth-order valence-corrected chi connectivity index (χ4v) is 3.97. The molecule has 0 aliphatic carbocycles. The third-order valence-electron chi connectivity index (χ3n) is 5.88. The maximum absolute atomic E-state index is 12.6. The lowest BCUT2D eigenvalue weighted by Crippen LogP contribution is -2.44. The third-order valence-corrected chi connectivity index (χ3v) is 5.88. The molecule has 1 saturated heterocycles. The Morgan fingerprint density at radius 2 is 1.67 bits per heavy atom. The minimum absolute atomic E-state index is 0.0407. The smallest absolute Gasteiger partial charge is 0.322 e. The van der Waals surface area contributed by atoms with Gasteiger partial charge in [-0.1, -0.05) is 48.9 Å². The molecule has 1 unspecified atom stereocenters. The molecule has 1 heterocycles. The average Bonchev–Trinajstić information content (AvgIpc) is 2.86. The summed E-state index contributed by atoms with van der Waals surface area (Å²) in [5, 5.41) is 0. The van der Waals surface area contributed by atoms with Crippen molar-refractivity contribution in [3.63, 3.8) is 0 Å². The van der Waals surface area contributed by atoms with Gasteiger partial charge in [-0.15, -0.1) is 0 Å². The molecule has 0 aromatic heterocycles. The molecule has 33 heavy (non-hydrogen) atoms. The highest BCUT2D eigenvalue weighted by Crippen LogP contribution is 2.19. The van der Waals surface area contributed by atoms with Crippen LogP contribution in [0.2, 0.25) is 0 Å². The topological polar surface area (TPSA) is 91.1 Å². The van der Waals surface area contributed by atoms with Crippen LogP contribution < -0.4 is 10.5 Å². The molecular weight excluding hydrogens is 420 g/mol. The molecule has 0 spiro atoms. The number of ether oxygens (including phenoxy) is 3. The van der Waals surface area contributed by atoms with E-state index in [1.165, 1.54) is 13.5 Å². The summed E-state index contributed by atoms with van der Waals surface area (Å²) in [7, 11) is 1.33. The Labute approximate surface area is 195 Å². The number of hydrogen-bond acceptors (Lipinski definition) is 7. The minimum atomic E-state index is -0.688. The molecule has 3 rings (SSSR count). The summed E-state index contributed by atoms with van der Waals surface area (Å²) < 4.78 is 16.2. The predicted molar refractivity (Wildman–Crippen MR) is 126 cm³/mol. The number of carbonyl (C=O) groups excluding carboxylic acids is 2. The molecule has 2 atom stereocenters. The Bertz CT molecular complexity index is 866. The Morgan fingerprint density at radius 3 is 2.33 bits per heavy atom. The summed E-state index contributed by atoms with van der Waals surface area (Å²) in [6.45, 7) is 2.61. The van der Waals surface area contributed by atoms with Gasteiger partial charge >= 0.3 is 11.9 Å². The molecule has 1 fully saturated rings. The number of benzene rings is 2. The van der Waals surface area contributed by atoms with E-state index >= 15 is 0 Å². The van der Waals surface area contributed by atoms with Crippen molar-refractivity contribution >= 4 is 11.9 Å². The lowest BCUT2D eigenvalue weighted by Gasteiger charge is -2.34. The second kappa shape index (κ2) is 13.0. The van der Waals surface area contributed by atoms with E-state index in [1.807, 2.05) is 54.6 Å². The van der Waals surface area contributed by atoms with Gasteiger partial charge in [0.05, 0.1) is 19.6 Å². The number of hydrogen-bond donors (Lipinski definition) is 1. The fraction of sp³-hybridized carbons (Fsp3) is 0.462. The number of piperidine rings is 1. The summed E-state index contributed by atoms with van der Waals surface area (Å²) in [4.78, 5) is 26.4. The molecule has 178 valence electrons. The second-order valence-electron chi connectivity index (χ2n) is 8.39. The quantitative estimate of drug-likeness (QED) is 0.522. The van der Waals surface area contributed by atoms with Crippen LogP contribution in [0.1, 0.15) is 36.8 Å². The fourth-order valence-electron chi connectivity index (χ4n) is 3.97. The summed E-state index contributed by atoms with van der Waals surface area (Å²) >= 11 is 0. The molecule has 0 bridgehead atoms. The van der Waals surface area contributed by atoms with Crippen molar-refractivity contribution in [1.29, 1.82) is 0 Å². The molecular formula is C26H34N2O5. The summed E-state index contributed by atoms with van der Waals surface area (Å²) in [6, 6.07) is 16.5. The standard InChI is InChI=1S/C26H34N2O5/c1-31-26(30)24(27)16-20-10-12-23(13-11-20)32-19-22(28-14-6-3-7-15-28)17-25(29)33-18-21-8-4-2-5-9-21/h2,4-5,8-13,22,24H,3,6-7,14-19,27H2,1H3/t22?,24-/m0/s1. The largest absolute Gasteiger partial charge is 0.492 e. The molecule has 0 saturated carbocycles. The molecule has 7 heteroatoms. The van der Waals surface area contributed by atoms with Crippen LogP contribution in [0.5, 0.6) is 5.75 Å². The van der Waals surface area contributed by atoms with Crippen molar-refractivity contribution in [2.75, 3.05) is 26.8 Å². The monoisotopic (exact) mass is 454 g/mol. The highest BCUT2D eigenvalue weighted by molar-refractivity contribution is 5.75. The van der Waals surface area contributed by atoms with Gasteiger partial charge in [0, 0.05) is 0 Å². The molecule has 2 N–H and O–H groups in total. The maximum Gasteiger partial charge on any atom is 0.322 e. The van der Waals surface area contributed by atoms with Crippen LogP contribution in [-0.4, -0.2) is 55.7 Å². The highest BCUT2D eigenvalue weighted by atomic mass is 16.5. The van der Waals surface area contributed by atoms with Gasteiger partial charge in [0.15, 0.2) is 0 Å². The zero-order valence-electron chi connectivity index (χ0n) is 19.3. The molecule has 7 nitrogen and oxygen atoms in total. The number of methoxy groups -OCH3 is 1. The number of esters is 2. The van der Waals surface area contributed by atoms with E-state index in [4.69, 9.17) is 15.2 Å². The zero-order valence-corrected chi connectivity index (χ0v) is 19.3. The Morgan fingerprint density at radius 1 is 0.970 bits per heavy atom. The van der Waals surface area contributed by atoms with Crippen molar-refractivity contribution < 1.29 is 23.8 Å². The highest BCUT2D eigenvalue weighted by Gasteiger charge is 2.25. The van der Waals surface area contributed by atoms with Gasteiger partial charge in [0.25, 0.3) is 0 Å². The molecule has 1 aliphatic rings. The number of rotatable bonds is 11. The van der Waals surface area contributed by atoms with Crippen molar-refractivity contribution in [3.05, 3.63) is 65.7 Å². The van der Waals surface area contributed by atoms with E-state index in [0.29, 0.717) is 25.2 Å². The summed E-state index contributed by atoms with van der Waals surface area (Å²) in [5.74, 6) is 0.0640. The molecule has 2 aromatic rings. The Hall–Kier alpha value is -2.90. The van der Waals surface area contributed by atoms with Crippen molar-refractivity contribution in [1.82, 2.24) is 4.90 Å². The first-order valence-corrected chi connectivity index (χ1v) is 11.5. The number of carbonyl (C=O) groups is 2. The third kappa shape index (κ3) is 8.18. The summed E-state index contributed by atoms with van der Waals surface area (Å²) in [6.07, 6.45) is 4.17. The Kier molecular flexibility index (Phi) is 9.72. The number of nitrogens with two attached hydrogens (primary N) is 1. The van der Waals surface area contributed by atoms with Gasteiger partial charge in [-0.25, -0.2) is 0 Å². The number of nitrogens with zero attached hydrogens (tertiary/aromatic N) is 1. The van der Waals surface area contributed by atoms with Crippen LogP contribution in [-0.2, 0) is 32.1 Å². The van der Waals surface area contributed by atoms with E-state index in [0.717, 1.165) is 37.1 Å². The first kappa shape index (κ1) is 24.7. The van der Waals surface area contributed by atoms with Crippen LogP contribution in [0.4, 0.5) is 0 Å². The Balaban J connectivity index is 1.54. The van der Waals surface area contributed by atoms with Crippen molar-refractivity contribution in [2.24, 2.45) is 5.73 Å². The van der Waals surface area contributed by atoms with Crippen molar-refractivity contribution in [3.8, 4) is 5.75 Å². The van der Waals surface area contributed by atoms with Crippen LogP contribution in [0.25, 0.3) is 0 Å². The normalized spacial score (nSPS) is 15.9. The van der Waals surface area contributed by atoms with E-state index in [2.05, 4.69) is 9.64 Å².